The van der Waals surface area contributed by atoms with E-state index in [4.69, 9.17) is 0 Å². The number of carbonyl (C=O) groups excluding carboxylic acids is 2. The van der Waals surface area contributed by atoms with Crippen LogP contribution >= 0.6 is 0 Å². The molecule has 0 bridgehead atoms. The van der Waals surface area contributed by atoms with Crippen LogP contribution in [0.2, 0.25) is 0 Å². The molecule has 0 aliphatic rings. The van der Waals surface area contributed by atoms with E-state index in [1.807, 2.05) is 0 Å². The van der Waals surface area contributed by atoms with Crippen LogP contribution in [0.25, 0.3) is 11.3 Å². The Morgan fingerprint density at radius 3 is 2.39 bits per heavy atom. The molecule has 3 rings (SSSR count). The Bertz CT molecular complexity index is 1380. The lowest BCUT2D eigenvalue weighted by atomic mass is 10.1. The zero-order chi connectivity index (χ0) is 26.8. The van der Waals surface area contributed by atoms with Gasteiger partial charge in [-0.15, -0.1) is 0 Å². The molecule has 188 valence electrons. The van der Waals surface area contributed by atoms with Gasteiger partial charge in [-0.1, -0.05) is 12.1 Å². The Morgan fingerprint density at radius 2 is 1.83 bits per heavy atom. The summed E-state index contributed by atoms with van der Waals surface area (Å²) >= 11 is 0. The fourth-order valence-electron chi connectivity index (χ4n) is 3.26. The van der Waals surface area contributed by atoms with Gasteiger partial charge in [0.2, 0.25) is 0 Å². The zero-order valence-electron chi connectivity index (χ0n) is 19.0. The van der Waals surface area contributed by atoms with Gasteiger partial charge in [-0.25, -0.2) is 10.2 Å². The van der Waals surface area contributed by atoms with Crippen molar-refractivity contribution in [3.05, 3.63) is 75.0 Å². The van der Waals surface area contributed by atoms with Crippen molar-refractivity contribution in [2.45, 2.75) is 13.1 Å². The lowest BCUT2D eigenvalue weighted by Gasteiger charge is -2.08. The van der Waals surface area contributed by atoms with Gasteiger partial charge in [0.05, 0.1) is 23.3 Å². The van der Waals surface area contributed by atoms with Gasteiger partial charge in [0.15, 0.2) is 11.4 Å². The lowest BCUT2D eigenvalue weighted by Crippen LogP contribution is -2.20. The van der Waals surface area contributed by atoms with Gasteiger partial charge in [-0.05, 0) is 31.2 Å². The second-order valence-electron chi connectivity index (χ2n) is 7.36. The van der Waals surface area contributed by atoms with Crippen molar-refractivity contribution in [2.24, 2.45) is 12.1 Å². The second kappa shape index (κ2) is 9.85. The summed E-state index contributed by atoms with van der Waals surface area (Å²) in [7, 11) is 2.52. The van der Waals surface area contributed by atoms with Crippen LogP contribution < -0.4 is 5.43 Å². The summed E-state index contributed by atoms with van der Waals surface area (Å²) in [6, 6.07) is 7.22. The Labute approximate surface area is 201 Å². The number of esters is 1. The Balaban J connectivity index is 1.86. The van der Waals surface area contributed by atoms with Crippen molar-refractivity contribution in [1.82, 2.24) is 15.2 Å². The molecule has 1 heterocycles. The van der Waals surface area contributed by atoms with Crippen molar-refractivity contribution in [3.63, 3.8) is 0 Å². The van der Waals surface area contributed by atoms with E-state index in [1.165, 1.54) is 36.9 Å². The number of carbonyl (C=O) groups is 2. The zero-order valence-corrected chi connectivity index (χ0v) is 19.0. The van der Waals surface area contributed by atoms with Gasteiger partial charge in [-0.3, -0.25) is 19.6 Å². The minimum atomic E-state index is -4.51. The largest absolute Gasteiger partial charge is 0.504 e. The van der Waals surface area contributed by atoms with Crippen molar-refractivity contribution in [2.75, 3.05) is 7.11 Å². The molecule has 1 amide bonds. The number of hydrazone groups is 1. The number of nitrogens with one attached hydrogen (secondary N) is 1. The van der Waals surface area contributed by atoms with E-state index < -0.39 is 34.2 Å². The van der Waals surface area contributed by atoms with E-state index in [1.54, 1.807) is 0 Å². The molecule has 0 spiro atoms. The van der Waals surface area contributed by atoms with Crippen LogP contribution in [0.15, 0.2) is 47.6 Å². The highest BCUT2D eigenvalue weighted by Crippen LogP contribution is 2.35. The first-order chi connectivity index (χ1) is 16.8. The molecule has 0 aliphatic heterocycles. The first-order valence-corrected chi connectivity index (χ1v) is 10.0. The summed E-state index contributed by atoms with van der Waals surface area (Å²) in [6.07, 6.45) is -4.51. The number of hydrogen-bond acceptors (Lipinski definition) is 8. The molecule has 0 unspecified atom stereocenters. The minimum Gasteiger partial charge on any atom is -0.504 e. The topological polar surface area (TPSA) is 149 Å². The number of nitrogens with zero attached hydrogens (tertiary/aromatic N) is 4. The Morgan fingerprint density at radius 1 is 1.19 bits per heavy atom. The number of benzene rings is 2. The minimum absolute atomic E-state index is 0.0373. The first kappa shape index (κ1) is 25.9. The lowest BCUT2D eigenvalue weighted by molar-refractivity contribution is -0.385. The third-order valence-electron chi connectivity index (χ3n) is 5.04. The third kappa shape index (κ3) is 5.16. The number of amides is 1. The van der Waals surface area contributed by atoms with Crippen LogP contribution in [0.4, 0.5) is 18.9 Å². The molecule has 2 N–H and O–H groups in total. The predicted molar refractivity (Wildman–Crippen MR) is 119 cm³/mol. The quantitative estimate of drug-likeness (QED) is 0.225. The molecule has 0 fully saturated rings. The van der Waals surface area contributed by atoms with Gasteiger partial charge in [0.1, 0.15) is 11.3 Å². The van der Waals surface area contributed by atoms with Crippen LogP contribution in [0, 0.1) is 10.1 Å². The number of aryl methyl sites for hydroxylation is 1. The summed E-state index contributed by atoms with van der Waals surface area (Å²) < 4.78 is 44.2. The van der Waals surface area contributed by atoms with E-state index in [2.05, 4.69) is 20.4 Å². The predicted octanol–water partition coefficient (Wildman–Crippen LogP) is 3.66. The average molecular weight is 505 g/mol. The summed E-state index contributed by atoms with van der Waals surface area (Å²) in [5, 5.41) is 29.9. The smallest absolute Gasteiger partial charge is 0.416 e. The van der Waals surface area contributed by atoms with Gasteiger partial charge in [-0.2, -0.15) is 23.4 Å². The molecule has 11 nitrogen and oxygen atoms in total. The number of nitro benzene ring substituents is 1. The molecular formula is C22H18F3N5O6. The van der Waals surface area contributed by atoms with Gasteiger partial charge >= 0.3 is 12.1 Å². The maximum Gasteiger partial charge on any atom is 0.416 e. The molecule has 2 aromatic carbocycles. The number of aromatic hydroxyl groups is 1. The number of ether oxygens (including phenoxy) is 1. The number of halogens is 3. The van der Waals surface area contributed by atoms with E-state index in [9.17, 15) is 38.0 Å². The summed E-state index contributed by atoms with van der Waals surface area (Å²) in [4.78, 5) is 34.6. The van der Waals surface area contributed by atoms with Gasteiger partial charge < -0.3 is 9.84 Å². The van der Waals surface area contributed by atoms with E-state index in [0.717, 1.165) is 31.4 Å². The van der Waals surface area contributed by atoms with Gasteiger partial charge in [0, 0.05) is 24.2 Å². The standard InChI is InChI=1S/C22H18F3N5O6/c1-11(26-27-20(32)13-6-9-15(21(33)36-3)16(10-13)30(34)35)17-19(31)18(29(2)28-17)12-4-7-14(8-5-12)22(23,24)25/h4-10,31H,1-3H3,(H,27,32)/b26-11+. The van der Waals surface area contributed by atoms with Crippen molar-refractivity contribution in [1.29, 1.82) is 0 Å². The van der Waals surface area contributed by atoms with Crippen LogP contribution in [0.1, 0.15) is 38.9 Å². The Kier molecular flexibility index (Phi) is 7.08. The van der Waals surface area contributed by atoms with Gasteiger partial charge in [0.25, 0.3) is 11.6 Å². The maximum absolute atomic E-state index is 12.8. The monoisotopic (exact) mass is 505 g/mol. The van der Waals surface area contributed by atoms with Crippen molar-refractivity contribution < 1.29 is 37.5 Å². The highest BCUT2D eigenvalue weighted by Gasteiger charge is 2.30. The molecule has 3 aromatic rings. The fourth-order valence-corrected chi connectivity index (χ4v) is 3.26. The number of aromatic nitrogens is 2. The summed E-state index contributed by atoms with van der Waals surface area (Å²) in [6.45, 7) is 1.40. The van der Waals surface area contributed by atoms with Crippen molar-refractivity contribution in [3.8, 4) is 17.0 Å². The normalized spacial score (nSPS) is 11.8. The SMILES string of the molecule is COC(=O)c1ccc(C(=O)N/N=C(\C)c2nn(C)c(-c3ccc(C(F)(F)F)cc3)c2O)cc1[N+](=O)[O-]. The average Bonchev–Trinajstić information content (AvgIpc) is 3.14. The molecular weight excluding hydrogens is 487 g/mol. The molecule has 1 aromatic heterocycles. The molecule has 0 atom stereocenters. The van der Waals surface area contributed by atoms with Crippen molar-refractivity contribution >= 4 is 23.3 Å². The third-order valence-corrected chi connectivity index (χ3v) is 5.04. The van der Waals surface area contributed by atoms with E-state index in [0.29, 0.717) is 0 Å². The van der Waals surface area contributed by atoms with Crippen LogP contribution in [0.3, 0.4) is 0 Å². The molecule has 0 radical (unpaired) electrons. The fraction of sp³-hybridized carbons (Fsp3) is 0.182. The molecule has 14 heteroatoms. The number of nitro groups is 1. The van der Waals surface area contributed by atoms with E-state index in [-0.39, 0.29) is 39.5 Å². The maximum atomic E-state index is 12.8. The number of hydrogen-bond donors (Lipinski definition) is 2. The van der Waals surface area contributed by atoms with Crippen LogP contribution in [-0.4, -0.2) is 44.5 Å². The molecule has 0 saturated carbocycles. The first-order valence-electron chi connectivity index (χ1n) is 10.0. The highest BCUT2D eigenvalue weighted by atomic mass is 19.4. The molecule has 0 aliphatic carbocycles. The second-order valence-corrected chi connectivity index (χ2v) is 7.36. The summed E-state index contributed by atoms with van der Waals surface area (Å²) in [5.74, 6) is -2.19. The van der Waals surface area contributed by atoms with E-state index >= 15 is 0 Å². The molecule has 36 heavy (non-hydrogen) atoms. The summed E-state index contributed by atoms with van der Waals surface area (Å²) in [5.41, 5.74) is 0.520. The highest BCUT2D eigenvalue weighted by molar-refractivity contribution is 6.03. The molecule has 0 saturated heterocycles. The van der Waals surface area contributed by atoms with Crippen LogP contribution in [-0.2, 0) is 18.0 Å². The number of methoxy groups -OCH3 is 1. The number of rotatable bonds is 6. The van der Waals surface area contributed by atoms with Crippen LogP contribution in [0.5, 0.6) is 5.75 Å². The Hall–Kier alpha value is -4.75. The number of alkyl halides is 3.